The van der Waals surface area contributed by atoms with Gasteiger partial charge in [-0.15, -0.1) is 0 Å². The molecule has 88 valence electrons. The first kappa shape index (κ1) is 12.5. The highest BCUT2D eigenvalue weighted by Crippen LogP contribution is 2.35. The minimum absolute atomic E-state index is 0.129. The van der Waals surface area contributed by atoms with Gasteiger partial charge in [0.05, 0.1) is 13.5 Å². The van der Waals surface area contributed by atoms with E-state index in [2.05, 4.69) is 23.9 Å². The Labute approximate surface area is 92.6 Å². The second kappa shape index (κ2) is 5.50. The smallest absolute Gasteiger partial charge is 0.306 e. The van der Waals surface area contributed by atoms with Crippen LogP contribution in [0.15, 0.2) is 0 Å². The van der Waals surface area contributed by atoms with Crippen molar-refractivity contribution in [2.24, 2.45) is 5.41 Å². The van der Waals surface area contributed by atoms with Crippen LogP contribution in [-0.4, -0.2) is 25.7 Å². The minimum Gasteiger partial charge on any atom is -0.469 e. The van der Waals surface area contributed by atoms with Crippen LogP contribution in [0.2, 0.25) is 0 Å². The van der Waals surface area contributed by atoms with E-state index in [-0.39, 0.29) is 5.97 Å². The Bertz CT molecular complexity index is 214. The fourth-order valence-electron chi connectivity index (χ4n) is 2.32. The SMILES string of the molecule is COC(=O)CCNC1CCCCC1(C)C. The topological polar surface area (TPSA) is 38.3 Å². The van der Waals surface area contributed by atoms with Crippen LogP contribution in [0.4, 0.5) is 0 Å². The predicted octanol–water partition coefficient (Wildman–Crippen LogP) is 2.11. The number of ether oxygens (including phenoxy) is 1. The monoisotopic (exact) mass is 213 g/mol. The zero-order valence-electron chi connectivity index (χ0n) is 10.1. The van der Waals surface area contributed by atoms with Gasteiger partial charge in [-0.05, 0) is 18.3 Å². The maximum absolute atomic E-state index is 11.0. The summed E-state index contributed by atoms with van der Waals surface area (Å²) in [5.41, 5.74) is 0.369. The lowest BCUT2D eigenvalue weighted by atomic mass is 9.73. The van der Waals surface area contributed by atoms with Crippen LogP contribution in [0.1, 0.15) is 46.0 Å². The van der Waals surface area contributed by atoms with Gasteiger partial charge in [-0.1, -0.05) is 26.7 Å². The van der Waals surface area contributed by atoms with Gasteiger partial charge in [-0.2, -0.15) is 0 Å². The average molecular weight is 213 g/mol. The molecular weight excluding hydrogens is 190 g/mol. The van der Waals surface area contributed by atoms with Gasteiger partial charge >= 0.3 is 5.97 Å². The highest BCUT2D eigenvalue weighted by molar-refractivity contribution is 5.69. The first-order chi connectivity index (χ1) is 7.06. The van der Waals surface area contributed by atoms with E-state index < -0.39 is 0 Å². The molecule has 1 atom stereocenters. The van der Waals surface area contributed by atoms with Crippen molar-refractivity contribution >= 4 is 5.97 Å². The molecule has 0 heterocycles. The molecule has 0 bridgehead atoms. The molecule has 1 aliphatic carbocycles. The lowest BCUT2D eigenvalue weighted by molar-refractivity contribution is -0.140. The van der Waals surface area contributed by atoms with Crippen LogP contribution in [0.5, 0.6) is 0 Å². The molecule has 0 aromatic rings. The van der Waals surface area contributed by atoms with E-state index in [1.165, 1.54) is 32.8 Å². The van der Waals surface area contributed by atoms with Crippen molar-refractivity contribution in [3.63, 3.8) is 0 Å². The van der Waals surface area contributed by atoms with Gasteiger partial charge < -0.3 is 10.1 Å². The molecule has 1 rings (SSSR count). The Hall–Kier alpha value is -0.570. The lowest BCUT2D eigenvalue weighted by Crippen LogP contribution is -2.44. The average Bonchev–Trinajstić information content (AvgIpc) is 2.20. The van der Waals surface area contributed by atoms with E-state index in [9.17, 15) is 4.79 Å². The van der Waals surface area contributed by atoms with Crippen molar-refractivity contribution in [2.75, 3.05) is 13.7 Å². The summed E-state index contributed by atoms with van der Waals surface area (Å²) in [6, 6.07) is 0.552. The standard InChI is InChI=1S/C12H23NO2/c1-12(2)8-5-4-6-10(12)13-9-7-11(14)15-3/h10,13H,4-9H2,1-3H3. The summed E-state index contributed by atoms with van der Waals surface area (Å²) in [5, 5.41) is 3.48. The number of esters is 1. The largest absolute Gasteiger partial charge is 0.469 e. The van der Waals surface area contributed by atoms with Crippen molar-refractivity contribution in [1.82, 2.24) is 5.32 Å². The van der Waals surface area contributed by atoms with Gasteiger partial charge in [0.25, 0.3) is 0 Å². The van der Waals surface area contributed by atoms with E-state index in [0.29, 0.717) is 17.9 Å². The molecule has 0 spiro atoms. The number of carbonyl (C=O) groups is 1. The van der Waals surface area contributed by atoms with Gasteiger partial charge in [0.15, 0.2) is 0 Å². The van der Waals surface area contributed by atoms with E-state index in [4.69, 9.17) is 0 Å². The Morgan fingerprint density at radius 1 is 1.47 bits per heavy atom. The number of hydrogen-bond acceptors (Lipinski definition) is 3. The normalized spacial score (nSPS) is 24.9. The first-order valence-corrected chi connectivity index (χ1v) is 5.86. The molecule has 0 amide bonds. The molecule has 1 aliphatic rings. The number of nitrogens with one attached hydrogen (secondary N) is 1. The molecule has 0 saturated heterocycles. The van der Waals surface area contributed by atoms with E-state index in [1.54, 1.807) is 0 Å². The molecule has 0 aromatic heterocycles. The Morgan fingerprint density at radius 2 is 2.20 bits per heavy atom. The van der Waals surface area contributed by atoms with Crippen LogP contribution in [-0.2, 0) is 9.53 Å². The lowest BCUT2D eigenvalue weighted by Gasteiger charge is -2.39. The van der Waals surface area contributed by atoms with Crippen LogP contribution >= 0.6 is 0 Å². The van der Waals surface area contributed by atoms with Crippen molar-refractivity contribution < 1.29 is 9.53 Å². The van der Waals surface area contributed by atoms with Crippen molar-refractivity contribution in [3.8, 4) is 0 Å². The second-order valence-corrected chi connectivity index (χ2v) is 5.07. The second-order valence-electron chi connectivity index (χ2n) is 5.07. The summed E-state index contributed by atoms with van der Waals surface area (Å²) in [7, 11) is 1.44. The van der Waals surface area contributed by atoms with Gasteiger partial charge in [0.2, 0.25) is 0 Å². The minimum atomic E-state index is -0.129. The van der Waals surface area contributed by atoms with Gasteiger partial charge in [-0.25, -0.2) is 0 Å². The highest BCUT2D eigenvalue weighted by atomic mass is 16.5. The number of carbonyl (C=O) groups excluding carboxylic acids is 1. The van der Waals surface area contributed by atoms with Crippen molar-refractivity contribution in [2.45, 2.75) is 52.0 Å². The molecule has 1 saturated carbocycles. The molecule has 1 fully saturated rings. The van der Waals surface area contributed by atoms with Gasteiger partial charge in [-0.3, -0.25) is 4.79 Å². The first-order valence-electron chi connectivity index (χ1n) is 5.86. The van der Waals surface area contributed by atoms with Crippen molar-refractivity contribution in [3.05, 3.63) is 0 Å². The van der Waals surface area contributed by atoms with Gasteiger partial charge in [0, 0.05) is 12.6 Å². The predicted molar refractivity (Wildman–Crippen MR) is 60.7 cm³/mol. The fraction of sp³-hybridized carbons (Fsp3) is 0.917. The molecule has 1 unspecified atom stereocenters. The van der Waals surface area contributed by atoms with Crippen LogP contribution < -0.4 is 5.32 Å². The fourth-order valence-corrected chi connectivity index (χ4v) is 2.32. The van der Waals surface area contributed by atoms with Crippen LogP contribution in [0.25, 0.3) is 0 Å². The van der Waals surface area contributed by atoms with Crippen LogP contribution in [0, 0.1) is 5.41 Å². The Balaban J connectivity index is 2.27. The summed E-state index contributed by atoms with van der Waals surface area (Å²) >= 11 is 0. The van der Waals surface area contributed by atoms with Crippen LogP contribution in [0.3, 0.4) is 0 Å². The maximum atomic E-state index is 11.0. The van der Waals surface area contributed by atoms with E-state index in [0.717, 1.165) is 6.54 Å². The summed E-state index contributed by atoms with van der Waals surface area (Å²) in [5.74, 6) is -0.129. The molecule has 0 radical (unpaired) electrons. The number of hydrogen-bond donors (Lipinski definition) is 1. The molecule has 0 aromatic carbocycles. The third-order valence-corrected chi connectivity index (χ3v) is 3.45. The number of rotatable bonds is 4. The third kappa shape index (κ3) is 3.82. The van der Waals surface area contributed by atoms with Crippen molar-refractivity contribution in [1.29, 1.82) is 0 Å². The summed E-state index contributed by atoms with van der Waals surface area (Å²) in [6.07, 6.45) is 5.63. The maximum Gasteiger partial charge on any atom is 0.306 e. The van der Waals surface area contributed by atoms with Gasteiger partial charge in [0.1, 0.15) is 0 Å². The molecule has 1 N–H and O–H groups in total. The highest BCUT2D eigenvalue weighted by Gasteiger charge is 2.31. The molecule has 15 heavy (non-hydrogen) atoms. The Kier molecular flexibility index (Phi) is 4.58. The summed E-state index contributed by atoms with van der Waals surface area (Å²) in [6.45, 7) is 5.35. The third-order valence-electron chi connectivity index (χ3n) is 3.45. The Morgan fingerprint density at radius 3 is 2.80 bits per heavy atom. The quantitative estimate of drug-likeness (QED) is 0.727. The zero-order valence-corrected chi connectivity index (χ0v) is 10.1. The molecular formula is C12H23NO2. The molecule has 3 nitrogen and oxygen atoms in total. The molecule has 0 aliphatic heterocycles. The van der Waals surface area contributed by atoms with E-state index >= 15 is 0 Å². The molecule has 3 heteroatoms. The zero-order chi connectivity index (χ0) is 11.3. The summed E-state index contributed by atoms with van der Waals surface area (Å²) in [4.78, 5) is 11.0. The van der Waals surface area contributed by atoms with E-state index in [1.807, 2.05) is 0 Å². The summed E-state index contributed by atoms with van der Waals surface area (Å²) < 4.78 is 4.61. The number of methoxy groups -OCH3 is 1.